The first-order chi connectivity index (χ1) is 26.4. The van der Waals surface area contributed by atoms with Crippen molar-refractivity contribution in [2.45, 2.75) is 200 Å². The topological polar surface area (TPSA) is 117 Å². The molecule has 0 bridgehead atoms. The Bertz CT molecular complexity index is 968. The number of rotatable bonds is 42. The molecule has 1 unspecified atom stereocenters. The minimum Gasteiger partial charge on any atom is -0.457 e. The molecular weight excluding hydrogens is 697 g/mol. The maximum absolute atomic E-state index is 12.6. The van der Waals surface area contributed by atoms with Gasteiger partial charge in [-0.3, -0.25) is 13.8 Å². The van der Waals surface area contributed by atoms with Gasteiger partial charge in [-0.05, 0) is 57.8 Å². The maximum atomic E-state index is 12.6. The highest BCUT2D eigenvalue weighted by molar-refractivity contribution is 7.47. The third-order valence-corrected chi connectivity index (χ3v) is 10.2. The second-order valence-electron chi connectivity index (χ2n) is 14.6. The van der Waals surface area contributed by atoms with Crippen LogP contribution < -0.4 is 5.73 Å². The molecule has 0 saturated carbocycles. The number of ether oxygens (including phenoxy) is 2. The molecular formula is C45H84NO7P. The molecule has 0 aliphatic heterocycles. The molecule has 9 heteroatoms. The lowest BCUT2D eigenvalue weighted by Gasteiger charge is -2.20. The van der Waals surface area contributed by atoms with Gasteiger partial charge in [-0.2, -0.15) is 0 Å². The van der Waals surface area contributed by atoms with Gasteiger partial charge in [-0.1, -0.05) is 178 Å². The molecule has 0 aliphatic carbocycles. The highest BCUT2D eigenvalue weighted by Gasteiger charge is 2.25. The molecule has 8 nitrogen and oxygen atoms in total. The third-order valence-electron chi connectivity index (χ3n) is 9.25. The van der Waals surface area contributed by atoms with Crippen LogP contribution in [0.5, 0.6) is 0 Å². The average molecular weight is 782 g/mol. The number of phosphoric acid groups is 1. The van der Waals surface area contributed by atoms with E-state index in [4.69, 9.17) is 24.3 Å². The molecule has 0 radical (unpaired) electrons. The summed E-state index contributed by atoms with van der Waals surface area (Å²) >= 11 is 0. The highest BCUT2D eigenvalue weighted by atomic mass is 31.2. The molecule has 0 fully saturated rings. The molecule has 0 aromatic carbocycles. The van der Waals surface area contributed by atoms with E-state index in [9.17, 15) is 14.3 Å². The average Bonchev–Trinajstić information content (AvgIpc) is 3.16. The SMILES string of the molecule is CCCCC/C=C\C/C=C\C/C=C\C/C=C\CCCCCC(=O)O[C@H](COCCCCCCCCCCCCCCCCCC)COP(=O)(O)OCCN. The van der Waals surface area contributed by atoms with Gasteiger partial charge in [0.1, 0.15) is 6.10 Å². The monoisotopic (exact) mass is 782 g/mol. The van der Waals surface area contributed by atoms with Crippen LogP contribution in [-0.2, 0) is 27.9 Å². The molecule has 0 heterocycles. The molecule has 0 aliphatic rings. The lowest BCUT2D eigenvalue weighted by atomic mass is 10.0. The number of hydrogen-bond acceptors (Lipinski definition) is 7. The van der Waals surface area contributed by atoms with E-state index in [0.717, 1.165) is 57.8 Å². The minimum atomic E-state index is -4.29. The van der Waals surface area contributed by atoms with Gasteiger partial charge < -0.3 is 20.1 Å². The molecule has 0 saturated heterocycles. The first-order valence-electron chi connectivity index (χ1n) is 22.1. The summed E-state index contributed by atoms with van der Waals surface area (Å²) in [6.45, 7) is 4.87. The van der Waals surface area contributed by atoms with E-state index in [1.54, 1.807) is 0 Å². The van der Waals surface area contributed by atoms with Gasteiger partial charge in [0.2, 0.25) is 0 Å². The molecule has 54 heavy (non-hydrogen) atoms. The number of allylic oxidation sites excluding steroid dienone is 8. The van der Waals surface area contributed by atoms with Crippen molar-refractivity contribution in [2.24, 2.45) is 5.73 Å². The molecule has 0 rings (SSSR count). The van der Waals surface area contributed by atoms with Crippen molar-refractivity contribution in [3.8, 4) is 0 Å². The van der Waals surface area contributed by atoms with Gasteiger partial charge in [-0.15, -0.1) is 0 Å². The lowest BCUT2D eigenvalue weighted by molar-refractivity contribution is -0.154. The van der Waals surface area contributed by atoms with E-state index in [-0.39, 0.29) is 38.8 Å². The minimum absolute atomic E-state index is 0.0944. The van der Waals surface area contributed by atoms with Crippen molar-refractivity contribution in [1.29, 1.82) is 0 Å². The number of nitrogens with two attached hydrogens (primary N) is 1. The lowest BCUT2D eigenvalue weighted by Crippen LogP contribution is -2.28. The fraction of sp³-hybridized carbons (Fsp3) is 0.800. The van der Waals surface area contributed by atoms with E-state index in [1.807, 2.05) is 0 Å². The Kier molecular flexibility index (Phi) is 41.4. The quantitative estimate of drug-likeness (QED) is 0.0272. The van der Waals surface area contributed by atoms with Crippen molar-refractivity contribution in [1.82, 2.24) is 0 Å². The summed E-state index contributed by atoms with van der Waals surface area (Å²) in [7, 11) is -4.29. The zero-order valence-electron chi connectivity index (χ0n) is 35.0. The highest BCUT2D eigenvalue weighted by Crippen LogP contribution is 2.43. The zero-order valence-corrected chi connectivity index (χ0v) is 35.8. The predicted octanol–water partition coefficient (Wildman–Crippen LogP) is 13.2. The van der Waals surface area contributed by atoms with Crippen LogP contribution in [0.4, 0.5) is 0 Å². The number of esters is 1. The van der Waals surface area contributed by atoms with E-state index in [1.165, 1.54) is 116 Å². The Balaban J connectivity index is 4.09. The van der Waals surface area contributed by atoms with Crippen LogP contribution in [0.25, 0.3) is 0 Å². The molecule has 0 amide bonds. The predicted molar refractivity (Wildman–Crippen MR) is 229 cm³/mol. The van der Waals surface area contributed by atoms with Crippen LogP contribution in [0.1, 0.15) is 194 Å². The van der Waals surface area contributed by atoms with Gasteiger partial charge >= 0.3 is 13.8 Å². The van der Waals surface area contributed by atoms with Crippen LogP contribution >= 0.6 is 7.82 Å². The molecule has 0 spiro atoms. The maximum Gasteiger partial charge on any atom is 0.472 e. The first kappa shape index (κ1) is 52.5. The second-order valence-corrected chi connectivity index (χ2v) is 16.0. The van der Waals surface area contributed by atoms with Crippen LogP contribution in [0, 0.1) is 0 Å². The fourth-order valence-electron chi connectivity index (χ4n) is 5.98. The number of carbonyl (C=O) groups excluding carboxylic acids is 1. The first-order valence-corrected chi connectivity index (χ1v) is 23.6. The van der Waals surface area contributed by atoms with E-state index in [2.05, 4.69) is 62.5 Å². The molecule has 2 atom stereocenters. The fourth-order valence-corrected chi connectivity index (χ4v) is 6.75. The summed E-state index contributed by atoms with van der Waals surface area (Å²) in [5.41, 5.74) is 5.37. The summed E-state index contributed by atoms with van der Waals surface area (Å²) in [5, 5.41) is 0. The second kappa shape index (κ2) is 42.6. The molecule has 0 aromatic rings. The number of unbranched alkanes of at least 4 members (excludes halogenated alkanes) is 21. The molecule has 316 valence electrons. The van der Waals surface area contributed by atoms with E-state index in [0.29, 0.717) is 6.61 Å². The number of phosphoric ester groups is 1. The molecule has 3 N–H and O–H groups in total. The van der Waals surface area contributed by atoms with Crippen molar-refractivity contribution >= 4 is 13.8 Å². The zero-order chi connectivity index (χ0) is 39.5. The Morgan fingerprint density at radius 1 is 0.556 bits per heavy atom. The van der Waals surface area contributed by atoms with Crippen molar-refractivity contribution < 1.29 is 32.8 Å². The summed E-state index contributed by atoms with van der Waals surface area (Å²) in [6, 6.07) is 0. The Morgan fingerprint density at radius 2 is 0.981 bits per heavy atom. The number of carbonyl (C=O) groups is 1. The van der Waals surface area contributed by atoms with Gasteiger partial charge in [0.05, 0.1) is 19.8 Å². The van der Waals surface area contributed by atoms with Gasteiger partial charge in [0.15, 0.2) is 0 Å². The Morgan fingerprint density at radius 3 is 1.48 bits per heavy atom. The summed E-state index contributed by atoms with van der Waals surface area (Å²) in [5.74, 6) is -0.358. The summed E-state index contributed by atoms with van der Waals surface area (Å²) < 4.78 is 33.4. The van der Waals surface area contributed by atoms with Gasteiger partial charge in [0.25, 0.3) is 0 Å². The van der Waals surface area contributed by atoms with Gasteiger partial charge in [-0.25, -0.2) is 4.57 Å². The van der Waals surface area contributed by atoms with Crippen LogP contribution in [-0.4, -0.2) is 49.9 Å². The van der Waals surface area contributed by atoms with E-state index < -0.39 is 13.9 Å². The third kappa shape index (κ3) is 41.6. The standard InChI is InChI=1S/C45H84NO7P/c1-3-5-7-9-11-13-15-17-19-21-22-23-24-26-28-30-32-34-36-38-45(47)53-44(43-52-54(48,49)51-41-39-46)42-50-40-37-35-33-31-29-27-25-20-18-16-14-12-10-8-6-4-2/h11,13,17,19,22-23,26,28,44H,3-10,12,14-16,18,20-21,24-25,27,29-43,46H2,1-2H3,(H,48,49)/b13-11-,19-17-,23-22-,28-26-/t44-/m1/s1. The van der Waals surface area contributed by atoms with Crippen molar-refractivity contribution in [3.05, 3.63) is 48.6 Å². The van der Waals surface area contributed by atoms with Crippen molar-refractivity contribution in [3.63, 3.8) is 0 Å². The van der Waals surface area contributed by atoms with Crippen molar-refractivity contribution in [2.75, 3.05) is 33.0 Å². The Hall–Kier alpha value is -1.54. The Labute approximate surface area is 332 Å². The normalized spacial score (nSPS) is 13.9. The molecule has 0 aromatic heterocycles. The van der Waals surface area contributed by atoms with Crippen LogP contribution in [0.2, 0.25) is 0 Å². The van der Waals surface area contributed by atoms with Gasteiger partial charge in [0, 0.05) is 19.6 Å². The largest absolute Gasteiger partial charge is 0.472 e. The summed E-state index contributed by atoms with van der Waals surface area (Å²) in [6.07, 6.45) is 49.8. The van der Waals surface area contributed by atoms with Crippen LogP contribution in [0.15, 0.2) is 48.6 Å². The number of hydrogen-bond donors (Lipinski definition) is 2. The van der Waals surface area contributed by atoms with E-state index >= 15 is 0 Å². The van der Waals surface area contributed by atoms with Crippen LogP contribution in [0.3, 0.4) is 0 Å². The smallest absolute Gasteiger partial charge is 0.457 e. The summed E-state index contributed by atoms with van der Waals surface area (Å²) in [4.78, 5) is 22.5.